The van der Waals surface area contributed by atoms with Gasteiger partial charge in [0.2, 0.25) is 0 Å². The number of aromatic nitrogens is 2. The Bertz CT molecular complexity index is 1380. The molecule has 0 amide bonds. The predicted molar refractivity (Wildman–Crippen MR) is 199 cm³/mol. The van der Waals surface area contributed by atoms with Crippen LogP contribution in [0.5, 0.6) is 0 Å². The average Bonchev–Trinajstić information content (AvgIpc) is 3.06. The van der Waals surface area contributed by atoms with Crippen molar-refractivity contribution in [3.05, 3.63) is 78.1 Å². The van der Waals surface area contributed by atoms with Gasteiger partial charge < -0.3 is 10.4 Å². The molecule has 6 nitrogen and oxygen atoms in total. The molecule has 0 bridgehead atoms. The highest BCUT2D eigenvalue weighted by molar-refractivity contribution is 5.54. The summed E-state index contributed by atoms with van der Waals surface area (Å²) in [5.74, 6) is 0. The van der Waals surface area contributed by atoms with Gasteiger partial charge in [-0.25, -0.2) is 0 Å². The molecule has 47 heavy (non-hydrogen) atoms. The van der Waals surface area contributed by atoms with Gasteiger partial charge in [0.25, 0.3) is 0 Å². The zero-order chi connectivity index (χ0) is 34.6. The normalized spacial score (nSPS) is 11.6. The van der Waals surface area contributed by atoms with Crippen LogP contribution in [0.4, 0.5) is 0 Å². The summed E-state index contributed by atoms with van der Waals surface area (Å²) in [6.07, 6.45) is 31.1. The second kappa shape index (κ2) is 22.5. The highest BCUT2D eigenvalue weighted by atomic mass is 16.5. The summed E-state index contributed by atoms with van der Waals surface area (Å²) in [5, 5.41) is 21.0. The van der Waals surface area contributed by atoms with Crippen LogP contribution in [-0.4, -0.2) is 19.9 Å². The summed E-state index contributed by atoms with van der Waals surface area (Å²) in [7, 11) is 0. The molecule has 0 radical (unpaired) electrons. The van der Waals surface area contributed by atoms with Crippen molar-refractivity contribution in [1.82, 2.24) is 9.46 Å². The third-order valence-electron chi connectivity index (χ3n) is 10.0. The molecule has 0 aromatic carbocycles. The molecule has 0 aliphatic heterocycles. The maximum absolute atomic E-state index is 13.4. The third kappa shape index (κ3) is 12.8. The summed E-state index contributed by atoms with van der Waals surface area (Å²) in [5.41, 5.74) is 4.92. The van der Waals surface area contributed by atoms with E-state index in [-0.39, 0.29) is 10.9 Å². The van der Waals surface area contributed by atoms with Gasteiger partial charge in [0.1, 0.15) is 0 Å². The Kier molecular flexibility index (Phi) is 19.3. The fraction of sp³-hybridized carbons (Fsp3) is 0.659. The van der Waals surface area contributed by atoms with E-state index in [1.54, 1.807) is 13.8 Å². The van der Waals surface area contributed by atoms with Gasteiger partial charge in [0.15, 0.2) is 10.9 Å². The first kappa shape index (κ1) is 40.2. The summed E-state index contributed by atoms with van der Waals surface area (Å²) in [6, 6.07) is 0. The third-order valence-corrected chi connectivity index (χ3v) is 10.0. The SMILES string of the molecule is C=Cc1c(C)n(O)c(C)c(CCCCCCCC=Cc2c(C)n(O)c(C)c(CCCCCCCCCCCCCCCC)c2=O)c1=O. The maximum Gasteiger partial charge on any atom is 0.192 e. The van der Waals surface area contributed by atoms with Gasteiger partial charge >= 0.3 is 0 Å². The lowest BCUT2D eigenvalue weighted by Crippen LogP contribution is -2.22. The van der Waals surface area contributed by atoms with Crippen LogP contribution in [0.15, 0.2) is 22.2 Å². The number of nitrogens with zero attached hydrogens (tertiary/aromatic N) is 2. The molecular weight excluding hydrogens is 584 g/mol. The fourth-order valence-corrected chi connectivity index (χ4v) is 6.79. The topological polar surface area (TPSA) is 84.5 Å². The van der Waals surface area contributed by atoms with E-state index in [0.29, 0.717) is 52.3 Å². The minimum Gasteiger partial charge on any atom is -0.428 e. The molecule has 0 aliphatic carbocycles. The van der Waals surface area contributed by atoms with Crippen molar-refractivity contribution in [2.24, 2.45) is 0 Å². The first-order valence-corrected chi connectivity index (χ1v) is 18.8. The summed E-state index contributed by atoms with van der Waals surface area (Å²) in [4.78, 5) is 26.2. The van der Waals surface area contributed by atoms with Gasteiger partial charge in [-0.3, -0.25) is 9.59 Å². The minimum absolute atomic E-state index is 0.0264. The van der Waals surface area contributed by atoms with Gasteiger partial charge in [-0.1, -0.05) is 134 Å². The van der Waals surface area contributed by atoms with Crippen LogP contribution >= 0.6 is 0 Å². The number of rotatable bonds is 25. The molecule has 2 aromatic heterocycles. The molecule has 2 heterocycles. The smallest absolute Gasteiger partial charge is 0.192 e. The second-order valence-electron chi connectivity index (χ2n) is 13.7. The number of hydrogen-bond acceptors (Lipinski definition) is 4. The molecule has 6 heteroatoms. The quantitative estimate of drug-likeness (QED) is 0.0827. The van der Waals surface area contributed by atoms with Crippen molar-refractivity contribution >= 4 is 12.2 Å². The first-order valence-electron chi connectivity index (χ1n) is 18.8. The fourth-order valence-electron chi connectivity index (χ4n) is 6.79. The zero-order valence-corrected chi connectivity index (χ0v) is 30.6. The van der Waals surface area contributed by atoms with Crippen LogP contribution in [0.2, 0.25) is 0 Å². The Hall–Kier alpha value is -3.02. The standard InChI is InChI=1S/C41H66N2O4/c1-7-9-10-11-12-13-14-15-16-17-18-20-23-27-30-38-34(5)43(47)35(6)39(41(38)45)31-28-25-22-19-21-24-26-29-37-33(4)42(46)32(3)36(8-2)40(37)44/h8,28,31,46-47H,2,7,9-27,29-30H2,1,3-6H3. The lowest BCUT2D eigenvalue weighted by atomic mass is 9.99. The number of pyridine rings is 2. The molecule has 0 atom stereocenters. The molecular formula is C41H66N2O4. The van der Waals surface area contributed by atoms with E-state index in [1.165, 1.54) is 87.9 Å². The van der Waals surface area contributed by atoms with E-state index in [2.05, 4.69) is 19.6 Å². The van der Waals surface area contributed by atoms with Gasteiger partial charge in [-0.05, 0) is 66.2 Å². The summed E-state index contributed by atoms with van der Waals surface area (Å²) >= 11 is 0. The van der Waals surface area contributed by atoms with E-state index >= 15 is 0 Å². The first-order chi connectivity index (χ1) is 22.7. The molecule has 2 rings (SSSR count). The molecule has 0 aliphatic rings. The van der Waals surface area contributed by atoms with E-state index in [0.717, 1.165) is 61.7 Å². The Balaban J connectivity index is 1.70. The summed E-state index contributed by atoms with van der Waals surface area (Å²) in [6.45, 7) is 13.2. The van der Waals surface area contributed by atoms with Crippen molar-refractivity contribution < 1.29 is 10.4 Å². The number of unbranched alkanes of at least 4 members (excludes halogenated alkanes) is 18. The summed E-state index contributed by atoms with van der Waals surface area (Å²) < 4.78 is 2.30. The van der Waals surface area contributed by atoms with E-state index in [9.17, 15) is 20.0 Å². The Morgan fingerprint density at radius 3 is 1.32 bits per heavy atom. The second-order valence-corrected chi connectivity index (χ2v) is 13.7. The maximum atomic E-state index is 13.4. The molecule has 2 aromatic rings. The van der Waals surface area contributed by atoms with Gasteiger partial charge in [0.05, 0.1) is 22.8 Å². The lowest BCUT2D eigenvalue weighted by molar-refractivity contribution is 0.169. The van der Waals surface area contributed by atoms with Crippen LogP contribution in [-0.2, 0) is 12.8 Å². The molecule has 0 unspecified atom stereocenters. The average molecular weight is 651 g/mol. The van der Waals surface area contributed by atoms with Crippen molar-refractivity contribution in [2.75, 3.05) is 0 Å². The predicted octanol–water partition coefficient (Wildman–Crippen LogP) is 11.0. The molecule has 0 fully saturated rings. The van der Waals surface area contributed by atoms with Crippen LogP contribution in [0.1, 0.15) is 180 Å². The Morgan fingerprint density at radius 2 is 0.894 bits per heavy atom. The van der Waals surface area contributed by atoms with Crippen LogP contribution < -0.4 is 10.9 Å². The monoisotopic (exact) mass is 651 g/mol. The van der Waals surface area contributed by atoms with Gasteiger partial charge in [-0.2, -0.15) is 9.46 Å². The molecule has 0 spiro atoms. The molecule has 0 saturated heterocycles. The highest BCUT2D eigenvalue weighted by Crippen LogP contribution is 2.18. The van der Waals surface area contributed by atoms with Crippen molar-refractivity contribution in [2.45, 2.75) is 176 Å². The van der Waals surface area contributed by atoms with Crippen LogP contribution in [0.25, 0.3) is 12.2 Å². The van der Waals surface area contributed by atoms with Crippen LogP contribution in [0, 0.1) is 27.7 Å². The van der Waals surface area contributed by atoms with Crippen molar-refractivity contribution in [3.8, 4) is 0 Å². The van der Waals surface area contributed by atoms with E-state index < -0.39 is 0 Å². The van der Waals surface area contributed by atoms with E-state index in [4.69, 9.17) is 0 Å². The number of hydrogen-bond donors (Lipinski definition) is 2. The molecule has 0 saturated carbocycles. The molecule has 264 valence electrons. The molecule has 2 N–H and O–H groups in total. The Morgan fingerprint density at radius 1 is 0.532 bits per heavy atom. The zero-order valence-electron chi connectivity index (χ0n) is 30.6. The van der Waals surface area contributed by atoms with Gasteiger partial charge in [-0.15, -0.1) is 0 Å². The van der Waals surface area contributed by atoms with Crippen molar-refractivity contribution in [3.63, 3.8) is 0 Å². The highest BCUT2D eigenvalue weighted by Gasteiger charge is 2.16. The minimum atomic E-state index is -0.0264. The lowest BCUT2D eigenvalue weighted by Gasteiger charge is -2.14. The Labute approximate surface area is 285 Å². The van der Waals surface area contributed by atoms with Crippen LogP contribution in [0.3, 0.4) is 0 Å². The number of allylic oxidation sites excluding steroid dienone is 1. The van der Waals surface area contributed by atoms with Crippen molar-refractivity contribution in [1.29, 1.82) is 0 Å². The van der Waals surface area contributed by atoms with Gasteiger partial charge in [0, 0.05) is 22.3 Å². The van der Waals surface area contributed by atoms with E-state index in [1.807, 2.05) is 19.9 Å². The largest absolute Gasteiger partial charge is 0.428 e.